The van der Waals surface area contributed by atoms with Crippen LogP contribution in [0.4, 0.5) is 0 Å². The predicted octanol–water partition coefficient (Wildman–Crippen LogP) is 23.5. The lowest BCUT2D eigenvalue weighted by Crippen LogP contribution is -2.06. The largest absolute Gasteiger partial charge is 0.0587 e. The van der Waals surface area contributed by atoms with Crippen molar-refractivity contribution in [3.63, 3.8) is 0 Å². The van der Waals surface area contributed by atoms with Gasteiger partial charge < -0.3 is 0 Å². The van der Waals surface area contributed by atoms with Crippen molar-refractivity contribution in [2.24, 2.45) is 0 Å². The molecule has 0 radical (unpaired) electrons. The van der Waals surface area contributed by atoms with Gasteiger partial charge in [-0.15, -0.1) is 0 Å². The molecular formula is C72H98. The molecule has 6 aromatic carbocycles. The molecule has 0 aromatic heterocycles. The maximum Gasteiger partial charge on any atom is -0.0114 e. The van der Waals surface area contributed by atoms with E-state index in [0.29, 0.717) is 71.0 Å². The summed E-state index contributed by atoms with van der Waals surface area (Å²) in [6.45, 7) is 57.2. The van der Waals surface area contributed by atoms with E-state index in [0.717, 1.165) is 0 Å². The summed E-state index contributed by atoms with van der Waals surface area (Å²) in [6.07, 6.45) is 0. The van der Waals surface area contributed by atoms with Gasteiger partial charge in [0.1, 0.15) is 0 Å². The minimum absolute atomic E-state index is 0.358. The van der Waals surface area contributed by atoms with Crippen molar-refractivity contribution in [3.05, 3.63) is 152 Å². The first-order chi connectivity index (χ1) is 33.6. The summed E-state index contributed by atoms with van der Waals surface area (Å²) in [5.41, 5.74) is 30.9. The Morgan fingerprint density at radius 3 is 0.389 bits per heavy atom. The van der Waals surface area contributed by atoms with Gasteiger partial charge in [0.2, 0.25) is 0 Å². The van der Waals surface area contributed by atoms with Gasteiger partial charge in [-0.3, -0.25) is 0 Å². The fourth-order valence-electron chi connectivity index (χ4n) is 11.3. The van der Waals surface area contributed by atoms with E-state index in [4.69, 9.17) is 0 Å². The topological polar surface area (TPSA) is 0 Å². The lowest BCUT2D eigenvalue weighted by molar-refractivity contribution is 0.806. The number of benzene rings is 6. The van der Waals surface area contributed by atoms with E-state index >= 15 is 0 Å². The quantitative estimate of drug-likeness (QED) is 0.0854. The zero-order valence-corrected chi connectivity index (χ0v) is 50.0. The van der Waals surface area contributed by atoms with Gasteiger partial charge in [-0.05, 0) is 230 Å². The first-order valence-electron chi connectivity index (χ1n) is 28.7. The molecule has 0 saturated heterocycles. The molecule has 386 valence electrons. The maximum atomic E-state index is 2.59. The van der Waals surface area contributed by atoms with Crippen LogP contribution in [-0.4, -0.2) is 0 Å². The van der Waals surface area contributed by atoms with Crippen molar-refractivity contribution in [1.29, 1.82) is 0 Å². The third-order valence-corrected chi connectivity index (χ3v) is 15.9. The van der Waals surface area contributed by atoms with Crippen molar-refractivity contribution >= 4 is 0 Å². The van der Waals surface area contributed by atoms with Crippen LogP contribution in [0.5, 0.6) is 0 Å². The molecule has 0 nitrogen and oxygen atoms in total. The molecule has 6 rings (SSSR count). The third-order valence-electron chi connectivity index (χ3n) is 15.9. The Morgan fingerprint density at radius 1 is 0.153 bits per heavy atom. The van der Waals surface area contributed by atoms with E-state index in [1.165, 1.54) is 122 Å². The zero-order chi connectivity index (χ0) is 53.5. The van der Waals surface area contributed by atoms with E-state index in [2.05, 4.69) is 251 Å². The van der Waals surface area contributed by atoms with Gasteiger partial charge in [0.15, 0.2) is 0 Å². The monoisotopic (exact) mass is 963 g/mol. The van der Waals surface area contributed by atoms with Gasteiger partial charge in [-0.25, -0.2) is 0 Å². The summed E-state index contributed by atoms with van der Waals surface area (Å²) < 4.78 is 0. The molecule has 0 heterocycles. The molecule has 0 aliphatic heterocycles. The highest BCUT2D eigenvalue weighted by Crippen LogP contribution is 2.49. The average Bonchev–Trinajstić information content (AvgIpc) is 3.31. The lowest BCUT2D eigenvalue weighted by Gasteiger charge is -2.27. The van der Waals surface area contributed by atoms with Crippen LogP contribution >= 0.6 is 0 Å². The predicted molar refractivity (Wildman–Crippen MR) is 323 cm³/mol. The number of hydrogen-bond acceptors (Lipinski definition) is 0. The molecule has 0 heteroatoms. The van der Waals surface area contributed by atoms with Crippen molar-refractivity contribution in [1.82, 2.24) is 0 Å². The smallest absolute Gasteiger partial charge is 0.0114 e. The Kier molecular flexibility index (Phi) is 18.0. The van der Waals surface area contributed by atoms with E-state index in [9.17, 15) is 0 Å². The van der Waals surface area contributed by atoms with Crippen LogP contribution in [0.1, 0.15) is 304 Å². The van der Waals surface area contributed by atoms with E-state index in [1.807, 2.05) is 0 Å². The van der Waals surface area contributed by atoms with Gasteiger partial charge in [-0.1, -0.05) is 215 Å². The molecule has 72 heavy (non-hydrogen) atoms. The molecule has 0 N–H and O–H groups in total. The molecule has 0 saturated carbocycles. The molecule has 0 unspecified atom stereocenters. The fraction of sp³-hybridized carbons (Fsp3) is 0.500. The number of hydrogen-bond donors (Lipinski definition) is 0. The van der Waals surface area contributed by atoms with E-state index < -0.39 is 0 Å². The summed E-state index contributed by atoms with van der Waals surface area (Å²) in [5, 5.41) is 0. The molecule has 0 spiro atoms. The van der Waals surface area contributed by atoms with Crippen molar-refractivity contribution in [2.45, 2.75) is 237 Å². The minimum atomic E-state index is 0.358. The maximum absolute atomic E-state index is 2.59. The van der Waals surface area contributed by atoms with Crippen LogP contribution in [0.3, 0.4) is 0 Å². The highest BCUT2D eigenvalue weighted by atomic mass is 14.3. The van der Waals surface area contributed by atoms with Crippen LogP contribution in [0.15, 0.2) is 84.9 Å². The fourth-order valence-corrected chi connectivity index (χ4v) is 11.3. The van der Waals surface area contributed by atoms with Gasteiger partial charge >= 0.3 is 0 Å². The summed E-state index contributed by atoms with van der Waals surface area (Å²) in [7, 11) is 0. The van der Waals surface area contributed by atoms with Crippen LogP contribution in [-0.2, 0) is 0 Å². The van der Waals surface area contributed by atoms with Crippen molar-refractivity contribution in [2.75, 3.05) is 0 Å². The third kappa shape index (κ3) is 11.8. The van der Waals surface area contributed by atoms with Crippen molar-refractivity contribution < 1.29 is 0 Å². The van der Waals surface area contributed by atoms with Gasteiger partial charge in [0.05, 0.1) is 0 Å². The first-order valence-corrected chi connectivity index (χ1v) is 28.7. The summed E-state index contributed by atoms with van der Waals surface area (Å²) >= 11 is 0. The molecule has 0 aliphatic carbocycles. The Bertz CT molecular complexity index is 2350. The highest BCUT2D eigenvalue weighted by Gasteiger charge is 2.27. The normalized spacial score (nSPS) is 12.6. The molecular weight excluding hydrogens is 865 g/mol. The van der Waals surface area contributed by atoms with Crippen LogP contribution < -0.4 is 0 Å². The number of rotatable bonds is 17. The zero-order valence-electron chi connectivity index (χ0n) is 50.0. The van der Waals surface area contributed by atoms with Gasteiger partial charge in [0, 0.05) is 0 Å². The lowest BCUT2D eigenvalue weighted by atomic mass is 9.77. The van der Waals surface area contributed by atoms with E-state index in [-0.39, 0.29) is 0 Å². The molecule has 0 aliphatic rings. The second-order valence-corrected chi connectivity index (χ2v) is 25.8. The van der Waals surface area contributed by atoms with Crippen LogP contribution in [0.2, 0.25) is 0 Å². The molecule has 0 amide bonds. The van der Waals surface area contributed by atoms with Crippen LogP contribution in [0, 0.1) is 0 Å². The summed E-state index contributed by atoms with van der Waals surface area (Å²) in [4.78, 5) is 0. The molecule has 0 atom stereocenters. The van der Waals surface area contributed by atoms with Gasteiger partial charge in [0.25, 0.3) is 0 Å². The molecule has 0 bridgehead atoms. The Labute approximate surface area is 442 Å². The van der Waals surface area contributed by atoms with Crippen molar-refractivity contribution in [3.8, 4) is 55.6 Å². The second-order valence-electron chi connectivity index (χ2n) is 25.8. The van der Waals surface area contributed by atoms with E-state index in [1.54, 1.807) is 0 Å². The SMILES string of the molecule is CC(C)c1cc(C(C)C)c(-c2cc(-c3cc(-c4c(C(C)C)cc(C(C)C)cc4C(C)C)cc(-c4c(C(C)C)cc(C(C)C)cc4C(C)C)c3)cc(-c3c(C(C)C)cc(C(C)C)cc3C(C)C)c2)c(C(C)C)c1. The van der Waals surface area contributed by atoms with Crippen LogP contribution in [0.25, 0.3) is 55.6 Å². The molecule has 0 fully saturated rings. The molecule has 6 aromatic rings. The highest BCUT2D eigenvalue weighted by molar-refractivity contribution is 5.91. The Hall–Kier alpha value is -4.68. The standard InChI is InChI=1S/C72H98/c1-39(2)51-31-61(43(9)10)69(62(32-51)44(11)12)57-25-55(26-58(29-57)70-63(45(13)14)33-52(40(3)4)34-64(70)46(15)16)56-27-59(71-65(47(17)18)35-53(41(5)6)36-66(71)48(19)20)30-60(28-56)72-67(49(21)22)37-54(42(7)8)38-68(72)50(23)24/h25-50H,1-24H3. The minimum Gasteiger partial charge on any atom is -0.0587 e. The van der Waals surface area contributed by atoms with Gasteiger partial charge in [-0.2, -0.15) is 0 Å². The Balaban J connectivity index is 1.92. The Morgan fingerprint density at radius 2 is 0.278 bits per heavy atom. The first kappa shape index (κ1) is 56.6. The summed E-state index contributed by atoms with van der Waals surface area (Å²) in [6, 6.07) is 35.9. The summed E-state index contributed by atoms with van der Waals surface area (Å²) in [5.74, 6) is 4.64. The average molecular weight is 964 g/mol. The second kappa shape index (κ2) is 22.8.